The van der Waals surface area contributed by atoms with Crippen molar-refractivity contribution in [1.29, 1.82) is 0 Å². The molecule has 1 aliphatic rings. The number of ketones is 1. The van der Waals surface area contributed by atoms with Crippen LogP contribution in [0.5, 0.6) is 0 Å². The zero-order valence-corrected chi connectivity index (χ0v) is 19.6. The molecule has 0 radical (unpaired) electrons. The Kier molecular flexibility index (Phi) is 6.06. The Morgan fingerprint density at radius 2 is 1.19 bits per heavy atom. The van der Waals surface area contributed by atoms with Crippen LogP contribution < -0.4 is 0 Å². The van der Waals surface area contributed by atoms with Crippen molar-refractivity contribution in [2.24, 2.45) is 0 Å². The van der Waals surface area contributed by atoms with E-state index < -0.39 is 18.2 Å². The lowest BCUT2D eigenvalue weighted by Gasteiger charge is -2.21. The summed E-state index contributed by atoms with van der Waals surface area (Å²) in [5.74, 6) is -1.63. The minimum absolute atomic E-state index is 0.165. The largest absolute Gasteiger partial charge is 0.386 e. The van der Waals surface area contributed by atoms with Crippen LogP contribution >= 0.6 is 0 Å². The summed E-state index contributed by atoms with van der Waals surface area (Å²) < 4.78 is 10.0. The van der Waals surface area contributed by atoms with Crippen LogP contribution in [0, 0.1) is 0 Å². The number of ether oxygens (including phenoxy) is 2. The maximum absolute atomic E-state index is 12.6. The number of rotatable bonds is 6. The number of hydrogen-bond donors (Lipinski definition) is 1. The van der Waals surface area contributed by atoms with Crippen molar-refractivity contribution in [1.82, 2.24) is 0 Å². The normalized spacial score (nSPS) is 13.3. The second-order valence-corrected chi connectivity index (χ2v) is 8.48. The molecule has 0 spiro atoms. The Morgan fingerprint density at radius 3 is 1.69 bits per heavy atom. The first-order valence-corrected chi connectivity index (χ1v) is 11.3. The van der Waals surface area contributed by atoms with Gasteiger partial charge in [-0.15, -0.1) is 0 Å². The average molecular weight is 479 g/mol. The van der Waals surface area contributed by atoms with Gasteiger partial charge in [0.2, 0.25) is 0 Å². The van der Waals surface area contributed by atoms with Gasteiger partial charge in [0.25, 0.3) is 0 Å². The maximum atomic E-state index is 12.6. The molecule has 0 bridgehead atoms. The number of aliphatic hydroxyl groups is 1. The van der Waals surface area contributed by atoms with Crippen molar-refractivity contribution < 1.29 is 29.0 Å². The number of esters is 2. The van der Waals surface area contributed by atoms with Gasteiger partial charge in [-0.05, 0) is 64.6 Å². The molecule has 0 amide bonds. The topological polar surface area (TPSA) is 89.9 Å². The van der Waals surface area contributed by atoms with Crippen LogP contribution in [0.15, 0.2) is 84.9 Å². The number of methoxy groups -OCH3 is 1. The van der Waals surface area contributed by atoms with Crippen molar-refractivity contribution in [3.8, 4) is 33.4 Å². The number of fused-ring (bicyclic) bond motifs is 1. The van der Waals surface area contributed by atoms with Gasteiger partial charge in [0.05, 0.1) is 11.1 Å². The summed E-state index contributed by atoms with van der Waals surface area (Å²) >= 11 is 0. The van der Waals surface area contributed by atoms with Crippen LogP contribution in [0.3, 0.4) is 0 Å². The van der Waals surface area contributed by atoms with E-state index in [1.54, 1.807) is 24.3 Å². The van der Waals surface area contributed by atoms with Gasteiger partial charge in [-0.1, -0.05) is 60.7 Å². The van der Waals surface area contributed by atoms with Crippen molar-refractivity contribution in [3.63, 3.8) is 0 Å². The van der Waals surface area contributed by atoms with Crippen LogP contribution in [-0.4, -0.2) is 29.9 Å². The van der Waals surface area contributed by atoms with E-state index in [0.29, 0.717) is 27.8 Å². The maximum Gasteiger partial charge on any atom is 0.346 e. The minimum atomic E-state index is -1.34. The number of carbonyl (C=O) groups is 3. The van der Waals surface area contributed by atoms with E-state index in [1.165, 1.54) is 14.0 Å². The van der Waals surface area contributed by atoms with Gasteiger partial charge in [-0.25, -0.2) is 9.59 Å². The van der Waals surface area contributed by atoms with Gasteiger partial charge in [-0.3, -0.25) is 4.79 Å². The summed E-state index contributed by atoms with van der Waals surface area (Å²) in [4.78, 5) is 37.4. The molecule has 0 saturated heterocycles. The lowest BCUT2D eigenvalue weighted by molar-refractivity contribution is -0.0772. The second-order valence-electron chi connectivity index (χ2n) is 8.48. The quantitative estimate of drug-likeness (QED) is 0.162. The Labute approximate surface area is 207 Å². The van der Waals surface area contributed by atoms with Crippen molar-refractivity contribution in [3.05, 3.63) is 107 Å². The fraction of sp³-hybridized carbons (Fsp3) is 0.100. The lowest BCUT2D eigenvalue weighted by Crippen LogP contribution is -2.09. The van der Waals surface area contributed by atoms with Gasteiger partial charge in [0.1, 0.15) is 0 Å². The lowest BCUT2D eigenvalue weighted by atomic mass is 9.84. The zero-order chi connectivity index (χ0) is 25.4. The third kappa shape index (κ3) is 4.02. The molecule has 0 aromatic heterocycles. The molecule has 4 aromatic rings. The minimum Gasteiger partial charge on any atom is -0.386 e. The molecule has 0 fully saturated rings. The molecule has 6 heteroatoms. The number of aliphatic hydroxyl groups excluding tert-OH is 1. The van der Waals surface area contributed by atoms with Gasteiger partial charge in [0, 0.05) is 18.2 Å². The molecule has 4 aromatic carbocycles. The van der Waals surface area contributed by atoms with Crippen LogP contribution in [0.4, 0.5) is 0 Å². The van der Waals surface area contributed by atoms with Crippen molar-refractivity contribution in [2.45, 2.75) is 13.2 Å². The van der Waals surface area contributed by atoms with Crippen molar-refractivity contribution in [2.75, 3.05) is 7.11 Å². The van der Waals surface area contributed by atoms with Gasteiger partial charge in [-0.2, -0.15) is 0 Å². The van der Waals surface area contributed by atoms with Crippen LogP contribution in [-0.2, 0) is 9.47 Å². The molecule has 0 saturated carbocycles. The number of benzene rings is 4. The van der Waals surface area contributed by atoms with E-state index in [-0.39, 0.29) is 16.9 Å². The van der Waals surface area contributed by atoms with Crippen LogP contribution in [0.1, 0.15) is 49.9 Å². The van der Waals surface area contributed by atoms with Crippen LogP contribution in [0.2, 0.25) is 0 Å². The van der Waals surface area contributed by atoms with E-state index in [4.69, 9.17) is 9.47 Å². The van der Waals surface area contributed by atoms with E-state index in [0.717, 1.165) is 16.7 Å². The second kappa shape index (κ2) is 9.34. The Hall–Kier alpha value is -4.39. The molecule has 178 valence electrons. The molecule has 5 rings (SSSR count). The van der Waals surface area contributed by atoms with E-state index in [2.05, 4.69) is 0 Å². The standard InChI is InChI=1S/C30H22O6/c1-17(31)20-13-21(18-9-5-3-6-10-18)23(15-25(20)28(32)35-2)24-16-27-26(29(33)36-30(27)34)14-22(24)19-11-7-4-8-12-19/h3-16,28,32H,1-2H3. The van der Waals surface area contributed by atoms with E-state index in [1.807, 2.05) is 60.7 Å². The molecule has 1 N–H and O–H groups in total. The van der Waals surface area contributed by atoms with Gasteiger partial charge >= 0.3 is 11.9 Å². The number of Topliss-reactive ketones (excluding diaryl/α,β-unsaturated/α-hetero) is 1. The zero-order valence-electron chi connectivity index (χ0n) is 19.6. The first kappa shape index (κ1) is 23.4. The molecule has 1 unspecified atom stereocenters. The average Bonchev–Trinajstić information content (AvgIpc) is 3.19. The molecule has 1 atom stereocenters. The summed E-state index contributed by atoms with van der Waals surface area (Å²) in [5, 5.41) is 10.6. The molecular weight excluding hydrogens is 456 g/mol. The summed E-state index contributed by atoms with van der Waals surface area (Å²) in [6.07, 6.45) is -1.34. The predicted molar refractivity (Wildman–Crippen MR) is 134 cm³/mol. The Bertz CT molecular complexity index is 1510. The highest BCUT2D eigenvalue weighted by atomic mass is 16.6. The molecule has 36 heavy (non-hydrogen) atoms. The first-order chi connectivity index (χ1) is 17.4. The van der Waals surface area contributed by atoms with Crippen molar-refractivity contribution >= 4 is 17.7 Å². The van der Waals surface area contributed by atoms with E-state index >= 15 is 0 Å². The summed E-state index contributed by atoms with van der Waals surface area (Å²) in [7, 11) is 1.35. The molecule has 0 aliphatic carbocycles. The molecule has 1 heterocycles. The third-order valence-electron chi connectivity index (χ3n) is 6.30. The third-order valence-corrected chi connectivity index (χ3v) is 6.30. The summed E-state index contributed by atoms with van der Waals surface area (Å²) in [6.45, 7) is 1.43. The highest BCUT2D eigenvalue weighted by Crippen LogP contribution is 2.43. The predicted octanol–water partition coefficient (Wildman–Crippen LogP) is 5.84. The molecule has 6 nitrogen and oxygen atoms in total. The van der Waals surface area contributed by atoms with E-state index in [9.17, 15) is 19.5 Å². The SMILES string of the molecule is COC(O)c1cc(-c2cc3c(cc2-c2ccccc2)C(=O)OC3=O)c(-c2ccccc2)cc1C(C)=O. The molecule has 1 aliphatic heterocycles. The summed E-state index contributed by atoms with van der Waals surface area (Å²) in [5.41, 5.74) is 5.38. The highest BCUT2D eigenvalue weighted by Gasteiger charge is 2.32. The number of carbonyl (C=O) groups excluding carboxylic acids is 3. The fourth-order valence-electron chi connectivity index (χ4n) is 4.54. The summed E-state index contributed by atoms with van der Waals surface area (Å²) in [6, 6.07) is 25.7. The first-order valence-electron chi connectivity index (χ1n) is 11.3. The number of cyclic esters (lactones) is 2. The smallest absolute Gasteiger partial charge is 0.346 e. The highest BCUT2D eigenvalue weighted by molar-refractivity contribution is 6.16. The number of hydrogen-bond acceptors (Lipinski definition) is 6. The Morgan fingerprint density at radius 1 is 0.722 bits per heavy atom. The fourth-order valence-corrected chi connectivity index (χ4v) is 4.54. The molecular formula is C30H22O6. The Balaban J connectivity index is 1.90. The monoisotopic (exact) mass is 478 g/mol. The van der Waals surface area contributed by atoms with Crippen LogP contribution in [0.25, 0.3) is 33.4 Å². The van der Waals surface area contributed by atoms with Gasteiger partial charge < -0.3 is 14.6 Å². The van der Waals surface area contributed by atoms with Gasteiger partial charge in [0.15, 0.2) is 12.1 Å².